The third-order valence-electron chi connectivity index (χ3n) is 5.80. The normalized spacial score (nSPS) is 17.6. The molecule has 1 aliphatic carbocycles. The Morgan fingerprint density at radius 3 is 2.48 bits per heavy atom. The van der Waals surface area contributed by atoms with Gasteiger partial charge in [-0.2, -0.15) is 5.26 Å². The first-order chi connectivity index (χ1) is 12.4. The van der Waals surface area contributed by atoms with Crippen molar-refractivity contribution in [3.63, 3.8) is 0 Å². The second kappa shape index (κ2) is 5.77. The molecule has 0 amide bonds. The number of piperidine rings is 1. The Bertz CT molecular complexity index is 1000. The van der Waals surface area contributed by atoms with Crippen molar-refractivity contribution in [2.24, 2.45) is 0 Å². The van der Waals surface area contributed by atoms with E-state index in [1.807, 2.05) is 6.07 Å². The number of hydrogen-bond donors (Lipinski definition) is 0. The molecule has 0 bridgehead atoms. The number of nitriles is 1. The molecule has 2 aliphatic rings. The third kappa shape index (κ3) is 2.15. The van der Waals surface area contributed by atoms with Gasteiger partial charge in [0, 0.05) is 13.1 Å². The smallest absolute Gasteiger partial charge is 0.157 e. The van der Waals surface area contributed by atoms with Crippen LogP contribution in [0.1, 0.15) is 48.8 Å². The molecule has 0 saturated carbocycles. The van der Waals surface area contributed by atoms with Gasteiger partial charge in [-0.1, -0.05) is 12.1 Å². The number of hydrogen-bond acceptors (Lipinski definition) is 3. The first-order valence-electron chi connectivity index (χ1n) is 9.48. The minimum absolute atomic E-state index is 0.798. The van der Waals surface area contributed by atoms with Crippen molar-refractivity contribution in [3.8, 4) is 6.07 Å². The van der Waals surface area contributed by atoms with Crippen molar-refractivity contribution in [1.29, 1.82) is 5.26 Å². The molecule has 0 N–H and O–H groups in total. The molecule has 3 aromatic rings. The van der Waals surface area contributed by atoms with Crippen LogP contribution in [0.3, 0.4) is 0 Å². The van der Waals surface area contributed by atoms with Crippen LogP contribution >= 0.6 is 0 Å². The van der Waals surface area contributed by atoms with Crippen LogP contribution in [0.25, 0.3) is 16.7 Å². The highest BCUT2D eigenvalue weighted by atomic mass is 15.2. The zero-order chi connectivity index (χ0) is 16.8. The minimum atomic E-state index is 0.798. The van der Waals surface area contributed by atoms with Crippen LogP contribution in [0.15, 0.2) is 24.3 Å². The van der Waals surface area contributed by atoms with Crippen LogP contribution < -0.4 is 4.90 Å². The fourth-order valence-electron chi connectivity index (χ4n) is 4.66. The van der Waals surface area contributed by atoms with Crippen LogP contribution in [0.2, 0.25) is 0 Å². The van der Waals surface area contributed by atoms with Crippen molar-refractivity contribution in [2.75, 3.05) is 18.0 Å². The third-order valence-corrected chi connectivity index (χ3v) is 5.80. The van der Waals surface area contributed by atoms with Gasteiger partial charge < -0.3 is 4.90 Å². The summed E-state index contributed by atoms with van der Waals surface area (Å²) in [6, 6.07) is 10.8. The first kappa shape index (κ1) is 14.8. The van der Waals surface area contributed by atoms with Gasteiger partial charge in [-0.3, -0.25) is 4.40 Å². The predicted octanol–water partition coefficient (Wildman–Crippen LogP) is 4.23. The molecule has 1 fully saturated rings. The van der Waals surface area contributed by atoms with Crippen LogP contribution in [-0.2, 0) is 12.8 Å². The molecule has 0 spiro atoms. The predicted molar refractivity (Wildman–Crippen MR) is 100 cm³/mol. The number of aromatic nitrogens is 2. The van der Waals surface area contributed by atoms with E-state index in [9.17, 15) is 5.26 Å². The highest BCUT2D eigenvalue weighted by Gasteiger charge is 2.27. The van der Waals surface area contributed by atoms with E-state index < -0.39 is 0 Å². The average Bonchev–Trinajstić information content (AvgIpc) is 3.05. The zero-order valence-corrected chi connectivity index (χ0v) is 14.5. The zero-order valence-electron chi connectivity index (χ0n) is 14.5. The van der Waals surface area contributed by atoms with Crippen molar-refractivity contribution in [1.82, 2.24) is 9.38 Å². The van der Waals surface area contributed by atoms with Crippen molar-refractivity contribution < 1.29 is 0 Å². The molecule has 2 aromatic heterocycles. The van der Waals surface area contributed by atoms with Gasteiger partial charge in [0.2, 0.25) is 0 Å². The van der Waals surface area contributed by atoms with Crippen molar-refractivity contribution >= 4 is 22.5 Å². The quantitative estimate of drug-likeness (QED) is 0.671. The molecular formula is C21H22N4. The SMILES string of the molecule is N#Cc1c2c(c(N3CCCCC3)n3c1nc1ccccc13)CCCC2. The molecule has 4 nitrogen and oxygen atoms in total. The fraction of sp³-hybridized carbons (Fsp3) is 0.429. The highest BCUT2D eigenvalue weighted by Crippen LogP contribution is 2.38. The summed E-state index contributed by atoms with van der Waals surface area (Å²) in [5.41, 5.74) is 6.43. The molecular weight excluding hydrogens is 308 g/mol. The van der Waals surface area contributed by atoms with E-state index in [1.54, 1.807) is 0 Å². The van der Waals surface area contributed by atoms with Gasteiger partial charge in [-0.25, -0.2) is 4.98 Å². The van der Waals surface area contributed by atoms with Crippen LogP contribution in [-0.4, -0.2) is 22.5 Å². The second-order valence-corrected chi connectivity index (χ2v) is 7.28. The molecule has 126 valence electrons. The Morgan fingerprint density at radius 2 is 1.68 bits per heavy atom. The Labute approximate surface area is 147 Å². The van der Waals surface area contributed by atoms with Gasteiger partial charge in [0.15, 0.2) is 5.65 Å². The summed E-state index contributed by atoms with van der Waals surface area (Å²) < 4.78 is 2.28. The maximum atomic E-state index is 9.90. The lowest BCUT2D eigenvalue weighted by Gasteiger charge is -2.34. The van der Waals surface area contributed by atoms with Gasteiger partial charge in [0.05, 0.1) is 16.6 Å². The second-order valence-electron chi connectivity index (χ2n) is 7.28. The van der Waals surface area contributed by atoms with Crippen LogP contribution in [0.4, 0.5) is 5.82 Å². The highest BCUT2D eigenvalue weighted by molar-refractivity contribution is 5.86. The van der Waals surface area contributed by atoms with Crippen molar-refractivity contribution in [2.45, 2.75) is 44.9 Å². The summed E-state index contributed by atoms with van der Waals surface area (Å²) in [6.07, 6.45) is 8.32. The maximum absolute atomic E-state index is 9.90. The topological polar surface area (TPSA) is 44.3 Å². The number of anilines is 1. The molecule has 1 saturated heterocycles. The lowest BCUT2D eigenvalue weighted by Crippen LogP contribution is -2.33. The Hall–Kier alpha value is -2.54. The van der Waals surface area contributed by atoms with E-state index in [2.05, 4.69) is 33.6 Å². The molecule has 0 atom stereocenters. The number of imidazole rings is 1. The Morgan fingerprint density at radius 1 is 0.920 bits per heavy atom. The van der Waals surface area contributed by atoms with Gasteiger partial charge >= 0.3 is 0 Å². The van der Waals surface area contributed by atoms with Crippen molar-refractivity contribution in [3.05, 3.63) is 41.0 Å². The van der Waals surface area contributed by atoms with Crippen LogP contribution in [0, 0.1) is 11.3 Å². The summed E-state index contributed by atoms with van der Waals surface area (Å²) in [5, 5.41) is 9.90. The van der Waals surface area contributed by atoms with Gasteiger partial charge in [0.1, 0.15) is 11.9 Å². The molecule has 0 radical (unpaired) electrons. The summed E-state index contributed by atoms with van der Waals surface area (Å²) in [6.45, 7) is 2.22. The molecule has 4 heteroatoms. The van der Waals surface area contributed by atoms with Crippen LogP contribution in [0.5, 0.6) is 0 Å². The average molecular weight is 330 g/mol. The number of pyridine rings is 1. The largest absolute Gasteiger partial charge is 0.357 e. The lowest BCUT2D eigenvalue weighted by molar-refractivity contribution is 0.566. The standard InChI is InChI=1S/C21H22N4/c22-14-17-15-8-2-3-9-16(15)21(24-12-6-1-7-13-24)25-19-11-5-4-10-18(19)23-20(17)25/h4-5,10-11H,1-3,6-9,12-13H2. The van der Waals surface area contributed by atoms with E-state index in [-0.39, 0.29) is 0 Å². The maximum Gasteiger partial charge on any atom is 0.157 e. The number of nitrogens with zero attached hydrogens (tertiary/aromatic N) is 4. The Kier molecular flexibility index (Phi) is 3.41. The minimum Gasteiger partial charge on any atom is -0.357 e. The van der Waals surface area contributed by atoms with E-state index in [4.69, 9.17) is 4.98 Å². The molecule has 1 aliphatic heterocycles. The monoisotopic (exact) mass is 330 g/mol. The van der Waals surface area contributed by atoms with E-state index in [0.29, 0.717) is 0 Å². The molecule has 0 unspecified atom stereocenters. The number of para-hydroxylation sites is 2. The van der Waals surface area contributed by atoms with E-state index in [1.165, 1.54) is 49.0 Å². The number of benzene rings is 1. The number of rotatable bonds is 1. The van der Waals surface area contributed by atoms with Gasteiger partial charge in [-0.15, -0.1) is 0 Å². The van der Waals surface area contributed by atoms with E-state index in [0.717, 1.165) is 48.2 Å². The molecule has 3 heterocycles. The molecule has 1 aromatic carbocycles. The lowest BCUT2D eigenvalue weighted by atomic mass is 9.88. The van der Waals surface area contributed by atoms with E-state index >= 15 is 0 Å². The summed E-state index contributed by atoms with van der Waals surface area (Å²) in [5.74, 6) is 1.32. The van der Waals surface area contributed by atoms with Gasteiger partial charge in [-0.05, 0) is 68.2 Å². The van der Waals surface area contributed by atoms with Gasteiger partial charge in [0.25, 0.3) is 0 Å². The summed E-state index contributed by atoms with van der Waals surface area (Å²) in [7, 11) is 0. The number of fused-ring (bicyclic) bond motifs is 4. The fourth-order valence-corrected chi connectivity index (χ4v) is 4.66. The Balaban J connectivity index is 1.93. The summed E-state index contributed by atoms with van der Waals surface area (Å²) >= 11 is 0. The molecule has 25 heavy (non-hydrogen) atoms. The molecule has 5 rings (SSSR count). The first-order valence-corrected chi connectivity index (χ1v) is 9.48. The summed E-state index contributed by atoms with van der Waals surface area (Å²) in [4.78, 5) is 7.41.